The Labute approximate surface area is 102 Å². The number of hydrogen-bond acceptors (Lipinski definition) is 3. The Kier molecular flexibility index (Phi) is 3.39. The van der Waals surface area contributed by atoms with Crippen LogP contribution in [0.2, 0.25) is 0 Å². The monoisotopic (exact) mass is 273 g/mol. The van der Waals surface area contributed by atoms with Crippen LogP contribution in [0.5, 0.6) is 0 Å². The van der Waals surface area contributed by atoms with E-state index in [1.54, 1.807) is 0 Å². The van der Waals surface area contributed by atoms with Gasteiger partial charge in [0.25, 0.3) is 0 Å². The van der Waals surface area contributed by atoms with Crippen molar-refractivity contribution in [2.24, 2.45) is 0 Å². The predicted octanol–water partition coefficient (Wildman–Crippen LogP) is 1.17. The maximum absolute atomic E-state index is 12.9. The Bertz CT molecular complexity index is 641. The molecule has 8 heteroatoms. The molecule has 1 aromatic heterocycles. The molecule has 1 aromatic carbocycles. The third kappa shape index (κ3) is 2.71. The van der Waals surface area contributed by atoms with Crippen LogP contribution >= 0.6 is 0 Å². The molecular formula is C10H9F2N3O2S. The molecule has 2 aromatic rings. The van der Waals surface area contributed by atoms with Gasteiger partial charge in [-0.15, -0.1) is 0 Å². The number of rotatable bonds is 4. The van der Waals surface area contributed by atoms with Crippen LogP contribution in [0.25, 0.3) is 0 Å². The van der Waals surface area contributed by atoms with Crippen molar-refractivity contribution in [1.82, 2.24) is 14.9 Å². The summed E-state index contributed by atoms with van der Waals surface area (Å²) >= 11 is 0. The molecule has 1 heterocycles. The number of aromatic nitrogens is 2. The van der Waals surface area contributed by atoms with E-state index in [4.69, 9.17) is 0 Å². The van der Waals surface area contributed by atoms with Gasteiger partial charge < -0.3 is 0 Å². The number of H-pyrrole nitrogens is 1. The highest BCUT2D eigenvalue weighted by Gasteiger charge is 2.16. The largest absolute Gasteiger partial charge is 0.285 e. The molecule has 0 spiro atoms. The molecule has 18 heavy (non-hydrogen) atoms. The van der Waals surface area contributed by atoms with Crippen molar-refractivity contribution in [3.63, 3.8) is 0 Å². The summed E-state index contributed by atoms with van der Waals surface area (Å²) in [5.41, 5.74) is 0.626. The Morgan fingerprint density at radius 2 is 2.06 bits per heavy atom. The topological polar surface area (TPSA) is 74.8 Å². The minimum Gasteiger partial charge on any atom is -0.285 e. The number of halogens is 2. The van der Waals surface area contributed by atoms with Crippen LogP contribution in [0.3, 0.4) is 0 Å². The number of aromatic amines is 1. The molecule has 2 rings (SSSR count). The Hall–Kier alpha value is -1.80. The van der Waals surface area contributed by atoms with Crippen molar-refractivity contribution in [3.05, 3.63) is 47.8 Å². The van der Waals surface area contributed by atoms with Crippen LogP contribution in [0.1, 0.15) is 5.56 Å². The van der Waals surface area contributed by atoms with E-state index >= 15 is 0 Å². The second-order valence-electron chi connectivity index (χ2n) is 3.51. The molecule has 2 N–H and O–H groups in total. The van der Waals surface area contributed by atoms with Crippen LogP contribution in [-0.4, -0.2) is 18.6 Å². The van der Waals surface area contributed by atoms with Gasteiger partial charge in [0, 0.05) is 18.3 Å². The summed E-state index contributed by atoms with van der Waals surface area (Å²) in [6.45, 7) is 0.0117. The molecule has 0 radical (unpaired) electrons. The van der Waals surface area contributed by atoms with E-state index in [1.165, 1.54) is 12.4 Å². The SMILES string of the molecule is O=S(=O)(NCc1cn[nH]c1)c1ccc(F)c(F)c1. The summed E-state index contributed by atoms with van der Waals surface area (Å²) in [5, 5.41) is 6.18. The summed E-state index contributed by atoms with van der Waals surface area (Å²) in [5.74, 6) is -2.30. The first-order chi connectivity index (χ1) is 8.49. The zero-order valence-electron chi connectivity index (χ0n) is 9.02. The molecule has 0 amide bonds. The first kappa shape index (κ1) is 12.7. The lowest BCUT2D eigenvalue weighted by Gasteiger charge is -2.05. The molecule has 0 bridgehead atoms. The van der Waals surface area contributed by atoms with Crippen molar-refractivity contribution in [2.45, 2.75) is 11.4 Å². The minimum absolute atomic E-state index is 0.0117. The second-order valence-corrected chi connectivity index (χ2v) is 5.27. The fourth-order valence-electron chi connectivity index (χ4n) is 1.28. The van der Waals surface area contributed by atoms with E-state index in [0.717, 1.165) is 12.1 Å². The number of sulfonamides is 1. The van der Waals surface area contributed by atoms with Gasteiger partial charge in [-0.05, 0) is 18.2 Å². The maximum Gasteiger partial charge on any atom is 0.240 e. The molecule has 5 nitrogen and oxygen atoms in total. The van der Waals surface area contributed by atoms with Crippen molar-refractivity contribution >= 4 is 10.0 Å². The van der Waals surface area contributed by atoms with Crippen LogP contribution in [0.4, 0.5) is 8.78 Å². The first-order valence-corrected chi connectivity index (χ1v) is 6.40. The highest BCUT2D eigenvalue weighted by Crippen LogP contribution is 2.13. The van der Waals surface area contributed by atoms with Gasteiger partial charge in [0.05, 0.1) is 11.1 Å². The number of nitrogens with zero attached hydrogens (tertiary/aromatic N) is 1. The molecular weight excluding hydrogens is 264 g/mol. The average molecular weight is 273 g/mol. The molecule has 0 atom stereocenters. The summed E-state index contributed by atoms with van der Waals surface area (Å²) in [7, 11) is -3.87. The molecule has 0 fully saturated rings. The summed E-state index contributed by atoms with van der Waals surface area (Å²) in [6.07, 6.45) is 2.97. The smallest absolute Gasteiger partial charge is 0.240 e. The number of nitrogens with one attached hydrogen (secondary N) is 2. The molecule has 0 unspecified atom stereocenters. The van der Waals surface area contributed by atoms with Gasteiger partial charge in [0.1, 0.15) is 0 Å². The Morgan fingerprint density at radius 1 is 1.28 bits per heavy atom. The molecule has 96 valence electrons. The van der Waals surface area contributed by atoms with Crippen LogP contribution < -0.4 is 4.72 Å². The van der Waals surface area contributed by atoms with E-state index in [9.17, 15) is 17.2 Å². The van der Waals surface area contributed by atoms with Gasteiger partial charge >= 0.3 is 0 Å². The van der Waals surface area contributed by atoms with E-state index < -0.39 is 21.7 Å². The fourth-order valence-corrected chi connectivity index (χ4v) is 2.31. The van der Waals surface area contributed by atoms with Gasteiger partial charge in [0.15, 0.2) is 11.6 Å². The zero-order chi connectivity index (χ0) is 13.2. The summed E-state index contributed by atoms with van der Waals surface area (Å²) in [4.78, 5) is -0.329. The second kappa shape index (κ2) is 4.83. The standard InChI is InChI=1S/C10H9F2N3O2S/c11-9-2-1-8(3-10(9)12)18(16,17)15-6-7-4-13-14-5-7/h1-5,15H,6H2,(H,13,14). The lowest BCUT2D eigenvalue weighted by Crippen LogP contribution is -2.23. The number of hydrogen-bond donors (Lipinski definition) is 2. The number of benzene rings is 1. The van der Waals surface area contributed by atoms with Gasteiger partial charge in [-0.1, -0.05) is 0 Å². The van der Waals surface area contributed by atoms with Gasteiger partial charge in [-0.25, -0.2) is 21.9 Å². The van der Waals surface area contributed by atoms with E-state index in [0.29, 0.717) is 11.6 Å². The van der Waals surface area contributed by atoms with Gasteiger partial charge in [-0.3, -0.25) is 5.10 Å². The van der Waals surface area contributed by atoms with E-state index in [-0.39, 0.29) is 11.4 Å². The van der Waals surface area contributed by atoms with Crippen molar-refractivity contribution in [3.8, 4) is 0 Å². The molecule has 0 aliphatic heterocycles. The fraction of sp³-hybridized carbons (Fsp3) is 0.100. The van der Waals surface area contributed by atoms with Gasteiger partial charge in [-0.2, -0.15) is 5.10 Å². The summed E-state index contributed by atoms with van der Waals surface area (Å²) in [6, 6.07) is 2.39. The Morgan fingerprint density at radius 3 is 2.67 bits per heavy atom. The van der Waals surface area contributed by atoms with E-state index in [1.807, 2.05) is 0 Å². The molecule has 0 saturated carbocycles. The van der Waals surface area contributed by atoms with E-state index in [2.05, 4.69) is 14.9 Å². The molecule has 0 aliphatic carbocycles. The van der Waals surface area contributed by atoms with Crippen molar-refractivity contribution in [1.29, 1.82) is 0 Å². The average Bonchev–Trinajstić information content (AvgIpc) is 2.83. The minimum atomic E-state index is -3.87. The Balaban J connectivity index is 2.17. The lowest BCUT2D eigenvalue weighted by molar-refractivity contribution is 0.504. The molecule has 0 aliphatic rings. The summed E-state index contributed by atoms with van der Waals surface area (Å²) < 4.78 is 51.4. The van der Waals surface area contributed by atoms with Crippen molar-refractivity contribution < 1.29 is 17.2 Å². The van der Waals surface area contributed by atoms with Gasteiger partial charge in [0.2, 0.25) is 10.0 Å². The first-order valence-electron chi connectivity index (χ1n) is 4.91. The predicted molar refractivity (Wildman–Crippen MR) is 59.0 cm³/mol. The highest BCUT2D eigenvalue weighted by atomic mass is 32.2. The van der Waals surface area contributed by atoms with Crippen LogP contribution in [0.15, 0.2) is 35.5 Å². The highest BCUT2D eigenvalue weighted by molar-refractivity contribution is 7.89. The maximum atomic E-state index is 12.9. The normalized spacial score (nSPS) is 11.7. The van der Waals surface area contributed by atoms with Crippen LogP contribution in [-0.2, 0) is 16.6 Å². The zero-order valence-corrected chi connectivity index (χ0v) is 9.84. The van der Waals surface area contributed by atoms with Crippen LogP contribution in [0, 0.1) is 11.6 Å². The third-order valence-electron chi connectivity index (χ3n) is 2.22. The third-order valence-corrected chi connectivity index (χ3v) is 3.62. The lowest BCUT2D eigenvalue weighted by atomic mass is 10.3. The molecule has 0 saturated heterocycles. The van der Waals surface area contributed by atoms with Crippen molar-refractivity contribution in [2.75, 3.05) is 0 Å². The quantitative estimate of drug-likeness (QED) is 0.878.